The van der Waals surface area contributed by atoms with Gasteiger partial charge in [-0.1, -0.05) is 11.6 Å². The number of benzene rings is 1. The number of nitrogens with zero attached hydrogens (tertiary/aromatic N) is 1. The highest BCUT2D eigenvalue weighted by Crippen LogP contribution is 2.39. The minimum absolute atomic E-state index is 0.0989. The van der Waals surface area contributed by atoms with Gasteiger partial charge in [0.1, 0.15) is 0 Å². The second-order valence-corrected chi connectivity index (χ2v) is 5.44. The summed E-state index contributed by atoms with van der Waals surface area (Å²) in [5.41, 5.74) is 3.47. The Labute approximate surface area is 125 Å². The molecule has 1 aromatic carbocycles. The number of halogens is 4. The van der Waals surface area contributed by atoms with Gasteiger partial charge in [-0.3, -0.25) is 10.7 Å². The third-order valence-electron chi connectivity index (χ3n) is 3.70. The molecule has 0 spiro atoms. The molecule has 1 aromatic rings. The zero-order chi connectivity index (χ0) is 15.6. The minimum Gasteiger partial charge on any atom is -0.386 e. The maximum absolute atomic E-state index is 12.9. The Kier molecular flexibility index (Phi) is 4.73. The van der Waals surface area contributed by atoms with Crippen molar-refractivity contribution in [3.63, 3.8) is 0 Å². The van der Waals surface area contributed by atoms with Gasteiger partial charge in [0.05, 0.1) is 28.0 Å². The minimum atomic E-state index is -4.19. The Morgan fingerprint density at radius 2 is 2.05 bits per heavy atom. The van der Waals surface area contributed by atoms with Crippen LogP contribution in [0.15, 0.2) is 12.1 Å². The van der Waals surface area contributed by atoms with Crippen molar-refractivity contribution in [1.82, 2.24) is 0 Å². The van der Waals surface area contributed by atoms with E-state index in [1.165, 1.54) is 6.07 Å². The van der Waals surface area contributed by atoms with Gasteiger partial charge in [-0.05, 0) is 25.0 Å². The summed E-state index contributed by atoms with van der Waals surface area (Å²) in [4.78, 5) is 1.64. The van der Waals surface area contributed by atoms with Crippen LogP contribution < -0.4 is 15.7 Å². The van der Waals surface area contributed by atoms with Gasteiger partial charge < -0.3 is 10.2 Å². The van der Waals surface area contributed by atoms with Crippen molar-refractivity contribution in [3.05, 3.63) is 17.2 Å². The summed E-state index contributed by atoms with van der Waals surface area (Å²) in [5, 5.41) is 12.2. The highest BCUT2D eigenvalue weighted by molar-refractivity contribution is 6.33. The van der Waals surface area contributed by atoms with Gasteiger partial charge in [-0.15, -0.1) is 0 Å². The van der Waals surface area contributed by atoms with E-state index in [0.717, 1.165) is 0 Å². The lowest BCUT2D eigenvalue weighted by Crippen LogP contribution is -2.41. The van der Waals surface area contributed by atoms with E-state index in [2.05, 4.69) is 5.32 Å². The van der Waals surface area contributed by atoms with E-state index in [0.29, 0.717) is 35.1 Å². The van der Waals surface area contributed by atoms with Crippen molar-refractivity contribution in [1.29, 1.82) is 0 Å². The summed E-state index contributed by atoms with van der Waals surface area (Å²) in [6.07, 6.45) is -3.58. The fourth-order valence-corrected chi connectivity index (χ4v) is 2.85. The number of hydrogen-bond donors (Lipinski definition) is 3. The molecule has 0 radical (unpaired) electrons. The van der Waals surface area contributed by atoms with Crippen LogP contribution in [-0.4, -0.2) is 31.5 Å². The first kappa shape index (κ1) is 16.0. The Hall–Kier alpha value is -1.34. The fourth-order valence-electron chi connectivity index (χ4n) is 2.57. The molecule has 118 valence electrons. The Morgan fingerprint density at radius 1 is 1.33 bits per heavy atom. The zero-order valence-electron chi connectivity index (χ0n) is 11.5. The molecule has 2 rings (SSSR count). The standard InChI is InChI=1S/C13H17ClF3N3O/c1-18-10-6-12(9(14)5-11(10)19-21)20-4-2-3-8(7-20)13(15,16)17/h5-6,8,18-19,21H,2-4,7H2,1H3. The molecular weight excluding hydrogens is 307 g/mol. The summed E-state index contributed by atoms with van der Waals surface area (Å²) in [5.74, 6) is -1.34. The van der Waals surface area contributed by atoms with Crippen LogP contribution in [0.25, 0.3) is 0 Å². The Bertz CT molecular complexity index is 510. The van der Waals surface area contributed by atoms with Crippen LogP contribution in [0.2, 0.25) is 5.02 Å². The van der Waals surface area contributed by atoms with E-state index in [4.69, 9.17) is 16.8 Å². The van der Waals surface area contributed by atoms with Crippen molar-refractivity contribution < 1.29 is 18.4 Å². The van der Waals surface area contributed by atoms with Gasteiger partial charge in [0, 0.05) is 20.1 Å². The third kappa shape index (κ3) is 3.47. The van der Waals surface area contributed by atoms with Crippen LogP contribution in [-0.2, 0) is 0 Å². The molecule has 1 saturated heterocycles. The number of nitrogens with one attached hydrogen (secondary N) is 2. The van der Waals surface area contributed by atoms with Gasteiger partial charge in [-0.25, -0.2) is 0 Å². The largest absolute Gasteiger partial charge is 0.393 e. The van der Waals surface area contributed by atoms with Crippen LogP contribution in [0.5, 0.6) is 0 Å². The SMILES string of the molecule is CNc1cc(N2CCCC(C(F)(F)F)C2)c(Cl)cc1NO. The lowest BCUT2D eigenvalue weighted by Gasteiger charge is -2.36. The molecule has 0 amide bonds. The molecule has 0 bridgehead atoms. The Balaban J connectivity index is 2.29. The molecule has 3 N–H and O–H groups in total. The van der Waals surface area contributed by atoms with E-state index in [9.17, 15) is 13.2 Å². The molecular formula is C13H17ClF3N3O. The summed E-state index contributed by atoms with van der Waals surface area (Å²) >= 11 is 6.13. The quantitative estimate of drug-likeness (QED) is 0.737. The van der Waals surface area contributed by atoms with E-state index in [-0.39, 0.29) is 13.0 Å². The predicted molar refractivity (Wildman–Crippen MR) is 77.4 cm³/mol. The number of anilines is 3. The van der Waals surface area contributed by atoms with Gasteiger partial charge in [-0.2, -0.15) is 13.2 Å². The summed E-state index contributed by atoms with van der Waals surface area (Å²) < 4.78 is 38.6. The first-order valence-corrected chi connectivity index (χ1v) is 6.97. The van der Waals surface area contributed by atoms with E-state index in [1.54, 1.807) is 18.0 Å². The van der Waals surface area contributed by atoms with Gasteiger partial charge in [0.2, 0.25) is 0 Å². The lowest BCUT2D eigenvalue weighted by atomic mass is 9.97. The monoisotopic (exact) mass is 323 g/mol. The van der Waals surface area contributed by atoms with E-state index in [1.807, 2.05) is 5.48 Å². The molecule has 0 saturated carbocycles. The molecule has 1 atom stereocenters. The number of piperidine rings is 1. The molecule has 1 heterocycles. The number of hydrogen-bond acceptors (Lipinski definition) is 4. The highest BCUT2D eigenvalue weighted by atomic mass is 35.5. The summed E-state index contributed by atoms with van der Waals surface area (Å²) in [7, 11) is 1.66. The van der Waals surface area contributed by atoms with Crippen LogP contribution in [0.4, 0.5) is 30.2 Å². The lowest BCUT2D eigenvalue weighted by molar-refractivity contribution is -0.175. The predicted octanol–water partition coefficient (Wildman–Crippen LogP) is 3.96. The van der Waals surface area contributed by atoms with Crippen molar-refractivity contribution in [2.24, 2.45) is 5.92 Å². The van der Waals surface area contributed by atoms with Crippen LogP contribution in [0.1, 0.15) is 12.8 Å². The second-order valence-electron chi connectivity index (χ2n) is 5.04. The van der Waals surface area contributed by atoms with E-state index < -0.39 is 12.1 Å². The summed E-state index contributed by atoms with van der Waals surface area (Å²) in [6, 6.07) is 3.12. The molecule has 1 aliphatic heterocycles. The topological polar surface area (TPSA) is 47.5 Å². The average molecular weight is 324 g/mol. The molecule has 4 nitrogen and oxygen atoms in total. The van der Waals surface area contributed by atoms with Crippen LogP contribution >= 0.6 is 11.6 Å². The van der Waals surface area contributed by atoms with Crippen LogP contribution in [0.3, 0.4) is 0 Å². The average Bonchev–Trinajstić information content (AvgIpc) is 2.46. The molecule has 0 aliphatic carbocycles. The highest BCUT2D eigenvalue weighted by Gasteiger charge is 2.42. The molecule has 21 heavy (non-hydrogen) atoms. The molecule has 1 unspecified atom stereocenters. The maximum Gasteiger partial charge on any atom is 0.393 e. The van der Waals surface area contributed by atoms with Gasteiger partial charge in [0.15, 0.2) is 0 Å². The van der Waals surface area contributed by atoms with Gasteiger partial charge in [0.25, 0.3) is 0 Å². The van der Waals surface area contributed by atoms with Gasteiger partial charge >= 0.3 is 6.18 Å². The number of rotatable bonds is 3. The van der Waals surface area contributed by atoms with Crippen molar-refractivity contribution in [2.45, 2.75) is 19.0 Å². The van der Waals surface area contributed by atoms with Crippen LogP contribution in [0, 0.1) is 5.92 Å². The Morgan fingerprint density at radius 3 is 2.62 bits per heavy atom. The van der Waals surface area contributed by atoms with Crippen molar-refractivity contribution >= 4 is 28.7 Å². The van der Waals surface area contributed by atoms with Crippen molar-refractivity contribution in [2.75, 3.05) is 35.8 Å². The summed E-state index contributed by atoms with van der Waals surface area (Å²) in [6.45, 7) is 0.430. The first-order chi connectivity index (χ1) is 9.86. The smallest absolute Gasteiger partial charge is 0.386 e. The molecule has 1 aliphatic rings. The molecule has 1 fully saturated rings. The van der Waals surface area contributed by atoms with Crippen molar-refractivity contribution in [3.8, 4) is 0 Å². The first-order valence-electron chi connectivity index (χ1n) is 6.60. The normalized spacial score (nSPS) is 19.5. The maximum atomic E-state index is 12.9. The second kappa shape index (κ2) is 6.19. The van der Waals surface area contributed by atoms with E-state index >= 15 is 0 Å². The molecule has 0 aromatic heterocycles. The fraction of sp³-hybridized carbons (Fsp3) is 0.538. The third-order valence-corrected chi connectivity index (χ3v) is 4.00. The zero-order valence-corrected chi connectivity index (χ0v) is 12.2. The molecule has 8 heteroatoms. The number of alkyl halides is 3.